The largest absolute Gasteiger partial charge is 0.395 e. The van der Waals surface area contributed by atoms with Crippen molar-refractivity contribution < 1.29 is 5.11 Å². The Morgan fingerprint density at radius 1 is 1.15 bits per heavy atom. The van der Waals surface area contributed by atoms with Crippen LogP contribution in [-0.4, -0.2) is 42.1 Å². The maximum atomic E-state index is 8.99. The Bertz CT molecular complexity index is 276. The molecule has 1 aliphatic rings. The fraction of sp³-hybridized carbons (Fsp3) is 0.824. The molecular weight excluding hydrogens is 248 g/mol. The quantitative estimate of drug-likeness (QED) is 0.436. The molecule has 0 spiro atoms. The van der Waals surface area contributed by atoms with Gasteiger partial charge in [-0.15, -0.1) is 0 Å². The highest BCUT2D eigenvalue weighted by molar-refractivity contribution is 5.62. The van der Waals surface area contributed by atoms with E-state index in [1.165, 1.54) is 51.4 Å². The van der Waals surface area contributed by atoms with Gasteiger partial charge in [0.1, 0.15) is 6.17 Å². The third-order valence-corrected chi connectivity index (χ3v) is 3.88. The highest BCUT2D eigenvalue weighted by Gasteiger charge is 2.19. The molecule has 0 radical (unpaired) electrons. The summed E-state index contributed by atoms with van der Waals surface area (Å²) in [5, 5.41) is 8.99. The van der Waals surface area contributed by atoms with Gasteiger partial charge in [0.25, 0.3) is 0 Å². The van der Waals surface area contributed by atoms with Crippen LogP contribution in [0.2, 0.25) is 0 Å². The molecular formula is C17H32N2O. The highest BCUT2D eigenvalue weighted by Crippen LogP contribution is 2.15. The van der Waals surface area contributed by atoms with E-state index in [2.05, 4.69) is 29.0 Å². The minimum atomic E-state index is 0.239. The maximum absolute atomic E-state index is 8.99. The third-order valence-electron chi connectivity index (χ3n) is 3.88. The fourth-order valence-electron chi connectivity index (χ4n) is 2.63. The summed E-state index contributed by atoms with van der Waals surface area (Å²) in [6.07, 6.45) is 18.5. The maximum Gasteiger partial charge on any atom is 0.102 e. The summed E-state index contributed by atoms with van der Waals surface area (Å²) in [5.41, 5.74) is 0. The molecule has 1 aliphatic heterocycles. The van der Waals surface area contributed by atoms with E-state index < -0.39 is 0 Å². The predicted molar refractivity (Wildman–Crippen MR) is 87.3 cm³/mol. The van der Waals surface area contributed by atoms with Crippen molar-refractivity contribution >= 4 is 6.21 Å². The molecule has 1 heterocycles. The molecule has 0 aliphatic carbocycles. The number of hydrogen-bond donors (Lipinski definition) is 1. The molecule has 0 bridgehead atoms. The lowest BCUT2D eigenvalue weighted by atomic mass is 10.1. The van der Waals surface area contributed by atoms with Gasteiger partial charge in [-0.3, -0.25) is 9.89 Å². The Labute approximate surface area is 124 Å². The molecule has 0 amide bonds. The number of aliphatic hydroxyl groups is 1. The molecule has 1 atom stereocenters. The van der Waals surface area contributed by atoms with Crippen LogP contribution in [0.5, 0.6) is 0 Å². The minimum absolute atomic E-state index is 0.239. The van der Waals surface area contributed by atoms with Crippen molar-refractivity contribution in [3.8, 4) is 0 Å². The van der Waals surface area contributed by atoms with Gasteiger partial charge < -0.3 is 5.11 Å². The number of nitrogens with zero attached hydrogens (tertiary/aromatic N) is 2. The summed E-state index contributed by atoms with van der Waals surface area (Å²) in [5.74, 6) is 0. The van der Waals surface area contributed by atoms with Gasteiger partial charge in [0.15, 0.2) is 0 Å². The summed E-state index contributed by atoms with van der Waals surface area (Å²) >= 11 is 0. The van der Waals surface area contributed by atoms with Crippen molar-refractivity contribution in [1.82, 2.24) is 4.90 Å². The van der Waals surface area contributed by atoms with Gasteiger partial charge in [-0.05, 0) is 38.5 Å². The molecule has 1 rings (SSSR count). The zero-order valence-electron chi connectivity index (χ0n) is 13.1. The molecule has 20 heavy (non-hydrogen) atoms. The lowest BCUT2D eigenvalue weighted by Crippen LogP contribution is -2.32. The number of β-amino-alcohol motifs (C(OH)–C–C–N with tert-alkyl or cyclic N) is 1. The van der Waals surface area contributed by atoms with Gasteiger partial charge in [0, 0.05) is 19.3 Å². The Balaban J connectivity index is 1.93. The average Bonchev–Trinajstić information content (AvgIpc) is 2.89. The van der Waals surface area contributed by atoms with Crippen LogP contribution in [0, 0.1) is 0 Å². The molecule has 0 aromatic heterocycles. The standard InChI is InChI=1S/C17H32N2O/c1-2-3-4-5-6-7-8-9-10-11-12-17-18-13-14-19(17)15-16-20/h6-7,13,17,20H,2-5,8-12,14-16H2,1H3/b7-6+. The van der Waals surface area contributed by atoms with E-state index in [4.69, 9.17) is 5.11 Å². The lowest BCUT2D eigenvalue weighted by Gasteiger charge is -2.21. The number of aliphatic hydroxyl groups excluding tert-OH is 1. The first-order valence-corrected chi connectivity index (χ1v) is 8.40. The van der Waals surface area contributed by atoms with E-state index >= 15 is 0 Å². The van der Waals surface area contributed by atoms with Crippen LogP contribution in [0.4, 0.5) is 0 Å². The number of allylic oxidation sites excluding steroid dienone is 2. The van der Waals surface area contributed by atoms with Crippen molar-refractivity contribution in [3.63, 3.8) is 0 Å². The number of rotatable bonds is 12. The lowest BCUT2D eigenvalue weighted by molar-refractivity contribution is 0.176. The van der Waals surface area contributed by atoms with E-state index in [1.54, 1.807) is 0 Å². The summed E-state index contributed by atoms with van der Waals surface area (Å²) in [6, 6.07) is 0. The molecule has 3 nitrogen and oxygen atoms in total. The summed E-state index contributed by atoms with van der Waals surface area (Å²) in [4.78, 5) is 6.74. The topological polar surface area (TPSA) is 35.8 Å². The molecule has 0 aromatic carbocycles. The minimum Gasteiger partial charge on any atom is -0.395 e. The van der Waals surface area contributed by atoms with Gasteiger partial charge >= 0.3 is 0 Å². The summed E-state index contributed by atoms with van der Waals surface area (Å²) in [6.45, 7) is 4.15. The molecule has 1 unspecified atom stereocenters. The summed E-state index contributed by atoms with van der Waals surface area (Å²) < 4.78 is 0. The van der Waals surface area contributed by atoms with Gasteiger partial charge in [0.2, 0.25) is 0 Å². The molecule has 1 N–H and O–H groups in total. The van der Waals surface area contributed by atoms with Gasteiger partial charge in [-0.1, -0.05) is 38.3 Å². The second kappa shape index (κ2) is 12.1. The van der Waals surface area contributed by atoms with Crippen LogP contribution in [0.3, 0.4) is 0 Å². The van der Waals surface area contributed by atoms with Crippen LogP contribution in [-0.2, 0) is 0 Å². The second-order valence-electron chi connectivity index (χ2n) is 5.64. The van der Waals surface area contributed by atoms with Crippen LogP contribution in [0.1, 0.15) is 64.7 Å². The van der Waals surface area contributed by atoms with E-state index in [-0.39, 0.29) is 6.61 Å². The van der Waals surface area contributed by atoms with Crippen LogP contribution in [0.25, 0.3) is 0 Å². The highest BCUT2D eigenvalue weighted by atomic mass is 16.3. The molecule has 3 heteroatoms. The van der Waals surface area contributed by atoms with Gasteiger partial charge in [-0.2, -0.15) is 0 Å². The molecule has 0 saturated heterocycles. The number of unbranched alkanes of at least 4 members (excludes halogenated alkanes) is 6. The first-order chi connectivity index (χ1) is 9.88. The second-order valence-corrected chi connectivity index (χ2v) is 5.64. The Morgan fingerprint density at radius 2 is 1.90 bits per heavy atom. The smallest absolute Gasteiger partial charge is 0.102 e. The Morgan fingerprint density at radius 3 is 2.60 bits per heavy atom. The monoisotopic (exact) mass is 280 g/mol. The summed E-state index contributed by atoms with van der Waals surface area (Å²) in [7, 11) is 0. The Kier molecular flexibility index (Phi) is 10.5. The molecule has 116 valence electrons. The number of aliphatic imine (C=N–C) groups is 1. The van der Waals surface area contributed by atoms with Gasteiger partial charge in [-0.25, -0.2) is 0 Å². The molecule has 0 aromatic rings. The van der Waals surface area contributed by atoms with Crippen molar-refractivity contribution in [3.05, 3.63) is 12.2 Å². The van der Waals surface area contributed by atoms with Crippen molar-refractivity contribution in [2.45, 2.75) is 70.9 Å². The van der Waals surface area contributed by atoms with Crippen LogP contribution in [0.15, 0.2) is 17.1 Å². The van der Waals surface area contributed by atoms with Crippen LogP contribution >= 0.6 is 0 Å². The Hall–Kier alpha value is -0.670. The SMILES string of the molecule is CCCCC/C=C/CCCCCC1N=CCN1CCO. The van der Waals surface area contributed by atoms with Crippen molar-refractivity contribution in [1.29, 1.82) is 0 Å². The molecule has 0 fully saturated rings. The van der Waals surface area contributed by atoms with Gasteiger partial charge in [0.05, 0.1) is 6.61 Å². The average molecular weight is 280 g/mol. The molecule has 0 saturated carbocycles. The number of hydrogen-bond acceptors (Lipinski definition) is 3. The van der Waals surface area contributed by atoms with Crippen LogP contribution < -0.4 is 0 Å². The zero-order chi connectivity index (χ0) is 14.5. The normalized spacial score (nSPS) is 19.4. The third kappa shape index (κ3) is 7.81. The van der Waals surface area contributed by atoms with E-state index in [1.807, 2.05) is 6.21 Å². The van der Waals surface area contributed by atoms with Crippen molar-refractivity contribution in [2.24, 2.45) is 4.99 Å². The predicted octanol–water partition coefficient (Wildman–Crippen LogP) is 3.78. The fourth-order valence-corrected chi connectivity index (χ4v) is 2.63. The zero-order valence-corrected chi connectivity index (χ0v) is 13.1. The first kappa shape index (κ1) is 17.4. The van der Waals surface area contributed by atoms with E-state index in [0.29, 0.717) is 6.17 Å². The van der Waals surface area contributed by atoms with E-state index in [9.17, 15) is 0 Å². The van der Waals surface area contributed by atoms with Crippen molar-refractivity contribution in [2.75, 3.05) is 19.7 Å². The first-order valence-electron chi connectivity index (χ1n) is 8.40. The van der Waals surface area contributed by atoms with E-state index in [0.717, 1.165) is 19.5 Å².